The van der Waals surface area contributed by atoms with Gasteiger partial charge in [-0.25, -0.2) is 5.43 Å². The molecule has 24 heavy (non-hydrogen) atoms. The van der Waals surface area contributed by atoms with Crippen LogP contribution < -0.4 is 15.5 Å². The molecule has 124 valence electrons. The van der Waals surface area contributed by atoms with Gasteiger partial charge in [-0.15, -0.1) is 0 Å². The lowest BCUT2D eigenvalue weighted by atomic mass is 10.2. The minimum absolute atomic E-state index is 0.494. The van der Waals surface area contributed by atoms with E-state index in [1.165, 1.54) is 6.21 Å². The Bertz CT molecular complexity index is 745. The second-order valence-electron chi connectivity index (χ2n) is 4.63. The minimum atomic E-state index is -0.854. The summed E-state index contributed by atoms with van der Waals surface area (Å²) in [6.45, 7) is 2.44. The van der Waals surface area contributed by atoms with Gasteiger partial charge >= 0.3 is 11.8 Å². The molecule has 0 aliphatic rings. The fraction of sp³-hybridized carbons (Fsp3) is 0.118. The molecule has 0 atom stereocenters. The molecule has 0 heterocycles. The minimum Gasteiger partial charge on any atom is -0.494 e. The average molecular weight is 390 g/mol. The summed E-state index contributed by atoms with van der Waals surface area (Å²) in [5.41, 5.74) is 3.46. The van der Waals surface area contributed by atoms with Gasteiger partial charge < -0.3 is 10.1 Å². The van der Waals surface area contributed by atoms with Crippen LogP contribution in [0.1, 0.15) is 12.5 Å². The Morgan fingerprint density at radius 1 is 1.12 bits per heavy atom. The normalized spacial score (nSPS) is 10.4. The molecule has 2 amide bonds. The Labute approximate surface area is 148 Å². The highest BCUT2D eigenvalue weighted by molar-refractivity contribution is 9.10. The number of benzene rings is 2. The smallest absolute Gasteiger partial charge is 0.329 e. The topological polar surface area (TPSA) is 79.8 Å². The lowest BCUT2D eigenvalue weighted by Crippen LogP contribution is -2.32. The molecule has 7 heteroatoms. The van der Waals surface area contributed by atoms with Crippen molar-refractivity contribution < 1.29 is 14.3 Å². The molecule has 0 spiro atoms. The second kappa shape index (κ2) is 8.83. The number of hydrogen-bond acceptors (Lipinski definition) is 4. The number of hydrogen-bond donors (Lipinski definition) is 2. The van der Waals surface area contributed by atoms with Crippen molar-refractivity contribution in [3.8, 4) is 5.75 Å². The van der Waals surface area contributed by atoms with Crippen LogP contribution in [0.4, 0.5) is 5.69 Å². The Morgan fingerprint density at radius 3 is 2.50 bits per heavy atom. The molecule has 6 nitrogen and oxygen atoms in total. The molecule has 0 unspecified atom stereocenters. The largest absolute Gasteiger partial charge is 0.494 e. The Kier molecular flexibility index (Phi) is 6.51. The highest BCUT2D eigenvalue weighted by Gasteiger charge is 2.12. The molecule has 0 aliphatic heterocycles. The van der Waals surface area contributed by atoms with E-state index in [0.29, 0.717) is 18.0 Å². The third kappa shape index (κ3) is 5.20. The number of rotatable bonds is 5. The maximum atomic E-state index is 11.8. The quantitative estimate of drug-likeness (QED) is 0.468. The van der Waals surface area contributed by atoms with Crippen LogP contribution in [-0.2, 0) is 9.59 Å². The Balaban J connectivity index is 1.88. The summed E-state index contributed by atoms with van der Waals surface area (Å²) in [6.07, 6.45) is 1.45. The van der Waals surface area contributed by atoms with E-state index in [4.69, 9.17) is 4.74 Å². The number of hydrazone groups is 1. The first-order valence-corrected chi connectivity index (χ1v) is 8.01. The molecule has 0 aromatic heterocycles. The van der Waals surface area contributed by atoms with Gasteiger partial charge in [0.2, 0.25) is 0 Å². The van der Waals surface area contributed by atoms with E-state index in [0.717, 1.165) is 10.0 Å². The fourth-order valence-electron chi connectivity index (χ4n) is 1.78. The Morgan fingerprint density at radius 2 is 1.83 bits per heavy atom. The van der Waals surface area contributed by atoms with Crippen LogP contribution in [0.2, 0.25) is 0 Å². The summed E-state index contributed by atoms with van der Waals surface area (Å²) in [5, 5.41) is 6.25. The van der Waals surface area contributed by atoms with Crippen LogP contribution in [0.25, 0.3) is 0 Å². The summed E-state index contributed by atoms with van der Waals surface area (Å²) in [5.74, 6) is -0.964. The first kappa shape index (κ1) is 17.7. The molecule has 2 N–H and O–H groups in total. The number of ether oxygens (including phenoxy) is 1. The molecular weight excluding hydrogens is 374 g/mol. The molecule has 2 aromatic rings. The van der Waals surface area contributed by atoms with Crippen molar-refractivity contribution in [2.24, 2.45) is 5.10 Å². The van der Waals surface area contributed by atoms with Gasteiger partial charge in [-0.05, 0) is 37.3 Å². The maximum absolute atomic E-state index is 11.8. The summed E-state index contributed by atoms with van der Waals surface area (Å²) in [7, 11) is 0. The SMILES string of the molecule is CCOc1ccc(NC(=O)C(=O)NN=Cc2ccccc2Br)cc1. The van der Waals surface area contributed by atoms with Crippen molar-refractivity contribution >= 4 is 39.6 Å². The summed E-state index contributed by atoms with van der Waals surface area (Å²) in [4.78, 5) is 23.5. The van der Waals surface area contributed by atoms with E-state index in [1.54, 1.807) is 24.3 Å². The van der Waals surface area contributed by atoms with Crippen molar-refractivity contribution in [2.45, 2.75) is 6.92 Å². The van der Waals surface area contributed by atoms with E-state index in [9.17, 15) is 9.59 Å². The molecule has 0 bridgehead atoms. The van der Waals surface area contributed by atoms with Gasteiger partial charge in [0.25, 0.3) is 0 Å². The molecular formula is C17H16BrN3O3. The molecule has 0 radical (unpaired) electrons. The number of carbonyl (C=O) groups is 2. The van der Waals surface area contributed by atoms with Crippen LogP contribution in [0, 0.1) is 0 Å². The van der Waals surface area contributed by atoms with Gasteiger partial charge in [-0.3, -0.25) is 9.59 Å². The van der Waals surface area contributed by atoms with Gasteiger partial charge in [0.1, 0.15) is 5.75 Å². The third-order valence-corrected chi connectivity index (χ3v) is 3.63. The van der Waals surface area contributed by atoms with Crippen LogP contribution in [0.3, 0.4) is 0 Å². The summed E-state index contributed by atoms with van der Waals surface area (Å²) < 4.78 is 6.14. The molecule has 0 saturated heterocycles. The molecule has 2 aromatic carbocycles. The number of amides is 2. The van der Waals surface area contributed by atoms with E-state index >= 15 is 0 Å². The molecule has 0 aliphatic carbocycles. The zero-order valence-corrected chi connectivity index (χ0v) is 14.5. The standard InChI is InChI=1S/C17H16BrN3O3/c1-2-24-14-9-7-13(8-10-14)20-16(22)17(23)21-19-11-12-5-3-4-6-15(12)18/h3-11H,2H2,1H3,(H,20,22)(H,21,23). The first-order chi connectivity index (χ1) is 11.6. The average Bonchev–Trinajstić information content (AvgIpc) is 2.58. The van der Waals surface area contributed by atoms with Crippen molar-refractivity contribution in [1.82, 2.24) is 5.43 Å². The van der Waals surface area contributed by atoms with E-state index in [-0.39, 0.29) is 0 Å². The molecule has 0 fully saturated rings. The fourth-order valence-corrected chi connectivity index (χ4v) is 2.17. The lowest BCUT2D eigenvalue weighted by molar-refractivity contribution is -0.136. The number of anilines is 1. The van der Waals surface area contributed by atoms with Crippen LogP contribution in [0.15, 0.2) is 58.1 Å². The predicted molar refractivity (Wildman–Crippen MR) is 96.1 cm³/mol. The van der Waals surface area contributed by atoms with Gasteiger partial charge in [0.15, 0.2) is 0 Å². The lowest BCUT2D eigenvalue weighted by Gasteiger charge is -2.06. The molecule has 2 rings (SSSR count). The molecule has 0 saturated carbocycles. The zero-order chi connectivity index (χ0) is 17.4. The van der Waals surface area contributed by atoms with Crippen LogP contribution >= 0.6 is 15.9 Å². The monoisotopic (exact) mass is 389 g/mol. The zero-order valence-electron chi connectivity index (χ0n) is 13.0. The number of carbonyl (C=O) groups excluding carboxylic acids is 2. The predicted octanol–water partition coefficient (Wildman–Crippen LogP) is 2.94. The Hall–Kier alpha value is -2.67. The first-order valence-electron chi connectivity index (χ1n) is 7.22. The highest BCUT2D eigenvalue weighted by atomic mass is 79.9. The van der Waals surface area contributed by atoms with Crippen molar-refractivity contribution in [2.75, 3.05) is 11.9 Å². The van der Waals surface area contributed by atoms with Crippen molar-refractivity contribution in [3.63, 3.8) is 0 Å². The van der Waals surface area contributed by atoms with Crippen molar-refractivity contribution in [3.05, 3.63) is 58.6 Å². The van der Waals surface area contributed by atoms with Gasteiger partial charge in [-0.2, -0.15) is 5.10 Å². The van der Waals surface area contributed by atoms with Gasteiger partial charge in [0, 0.05) is 15.7 Å². The van der Waals surface area contributed by atoms with Crippen LogP contribution in [0.5, 0.6) is 5.75 Å². The van der Waals surface area contributed by atoms with E-state index in [1.807, 2.05) is 31.2 Å². The number of nitrogens with one attached hydrogen (secondary N) is 2. The van der Waals surface area contributed by atoms with E-state index in [2.05, 4.69) is 31.8 Å². The van der Waals surface area contributed by atoms with Gasteiger partial charge in [0.05, 0.1) is 12.8 Å². The van der Waals surface area contributed by atoms with Gasteiger partial charge in [-0.1, -0.05) is 34.1 Å². The second-order valence-corrected chi connectivity index (χ2v) is 5.49. The summed E-state index contributed by atoms with van der Waals surface area (Å²) >= 11 is 3.36. The summed E-state index contributed by atoms with van der Waals surface area (Å²) in [6, 6.07) is 14.1. The number of halogens is 1. The maximum Gasteiger partial charge on any atom is 0.329 e. The third-order valence-electron chi connectivity index (χ3n) is 2.90. The number of nitrogens with zero attached hydrogens (tertiary/aromatic N) is 1. The van der Waals surface area contributed by atoms with Crippen LogP contribution in [-0.4, -0.2) is 24.6 Å². The van der Waals surface area contributed by atoms with Crippen molar-refractivity contribution in [1.29, 1.82) is 0 Å². The van der Waals surface area contributed by atoms with E-state index < -0.39 is 11.8 Å². The highest BCUT2D eigenvalue weighted by Crippen LogP contribution is 2.15.